The maximum absolute atomic E-state index is 11.8. The largest absolute Gasteiger partial charge is 0.465 e. The Kier molecular flexibility index (Phi) is 5.60. The number of rotatable bonds is 8. The molecule has 1 aliphatic rings. The summed E-state index contributed by atoms with van der Waals surface area (Å²) in [6.07, 6.45) is 3.34. The highest BCUT2D eigenvalue weighted by atomic mass is 16.5. The average molecular weight is 256 g/mol. The van der Waals surface area contributed by atoms with Gasteiger partial charge in [-0.3, -0.25) is 4.79 Å². The summed E-state index contributed by atoms with van der Waals surface area (Å²) in [5, 5.41) is 0. The van der Waals surface area contributed by atoms with E-state index in [1.54, 1.807) is 6.92 Å². The molecule has 0 spiro atoms. The van der Waals surface area contributed by atoms with E-state index >= 15 is 0 Å². The fourth-order valence-corrected chi connectivity index (χ4v) is 2.37. The summed E-state index contributed by atoms with van der Waals surface area (Å²) in [4.78, 5) is 14.2. The number of nitrogens with zero attached hydrogens (tertiary/aromatic N) is 1. The predicted octanol–water partition coefficient (Wildman–Crippen LogP) is 1.78. The first-order valence-corrected chi connectivity index (χ1v) is 7.10. The van der Waals surface area contributed by atoms with Crippen molar-refractivity contribution in [3.05, 3.63) is 0 Å². The molecule has 0 saturated heterocycles. The Bertz CT molecular complexity index is 275. The van der Waals surface area contributed by atoms with Gasteiger partial charge in [-0.05, 0) is 52.5 Å². The van der Waals surface area contributed by atoms with E-state index in [2.05, 4.69) is 18.7 Å². The second-order valence-corrected chi connectivity index (χ2v) is 5.72. The van der Waals surface area contributed by atoms with Gasteiger partial charge in [-0.15, -0.1) is 0 Å². The van der Waals surface area contributed by atoms with Gasteiger partial charge in [-0.2, -0.15) is 0 Å². The van der Waals surface area contributed by atoms with Crippen molar-refractivity contribution < 1.29 is 9.53 Å². The second kappa shape index (κ2) is 6.53. The van der Waals surface area contributed by atoms with E-state index in [0.717, 1.165) is 19.0 Å². The fourth-order valence-electron chi connectivity index (χ4n) is 2.37. The molecule has 0 aromatic rings. The fraction of sp³-hybridized carbons (Fsp3) is 0.929. The molecule has 0 aromatic carbocycles. The van der Waals surface area contributed by atoms with Crippen LogP contribution in [-0.4, -0.2) is 42.1 Å². The lowest BCUT2D eigenvalue weighted by Gasteiger charge is -2.33. The highest BCUT2D eigenvalue weighted by molar-refractivity contribution is 5.80. The van der Waals surface area contributed by atoms with Crippen molar-refractivity contribution in [2.45, 2.75) is 58.5 Å². The number of hydrogen-bond donors (Lipinski definition) is 1. The molecule has 1 aliphatic carbocycles. The number of carbonyl (C=O) groups is 1. The van der Waals surface area contributed by atoms with Gasteiger partial charge in [0.25, 0.3) is 0 Å². The molecular formula is C14H28N2O2. The molecule has 1 fully saturated rings. The summed E-state index contributed by atoms with van der Waals surface area (Å²) >= 11 is 0. The van der Waals surface area contributed by atoms with Crippen LogP contribution in [0.5, 0.6) is 0 Å². The first kappa shape index (κ1) is 15.4. The van der Waals surface area contributed by atoms with E-state index in [4.69, 9.17) is 10.5 Å². The van der Waals surface area contributed by atoms with Gasteiger partial charge in [0, 0.05) is 12.6 Å². The lowest BCUT2D eigenvalue weighted by molar-refractivity contribution is -0.149. The first-order valence-electron chi connectivity index (χ1n) is 7.10. The molecule has 4 heteroatoms. The molecule has 0 amide bonds. The first-order chi connectivity index (χ1) is 8.40. The van der Waals surface area contributed by atoms with Crippen LogP contribution in [0.3, 0.4) is 0 Å². The van der Waals surface area contributed by atoms with Gasteiger partial charge in [-0.25, -0.2) is 0 Å². The molecule has 18 heavy (non-hydrogen) atoms. The molecule has 106 valence electrons. The third-order valence-electron chi connectivity index (χ3n) is 3.68. The summed E-state index contributed by atoms with van der Waals surface area (Å²) in [6.45, 7) is 10.4. The molecule has 2 atom stereocenters. The Morgan fingerprint density at radius 2 is 2.11 bits per heavy atom. The van der Waals surface area contributed by atoms with Crippen LogP contribution in [0.1, 0.15) is 47.0 Å². The van der Waals surface area contributed by atoms with Crippen LogP contribution in [0.2, 0.25) is 0 Å². The van der Waals surface area contributed by atoms with Crippen molar-refractivity contribution in [2.75, 3.05) is 19.7 Å². The summed E-state index contributed by atoms with van der Waals surface area (Å²) in [5.41, 5.74) is 5.20. The van der Waals surface area contributed by atoms with E-state index in [-0.39, 0.29) is 5.97 Å². The van der Waals surface area contributed by atoms with Gasteiger partial charge in [0.15, 0.2) is 0 Å². The Hall–Kier alpha value is -0.610. The minimum Gasteiger partial charge on any atom is -0.465 e. The van der Waals surface area contributed by atoms with Crippen LogP contribution in [-0.2, 0) is 9.53 Å². The van der Waals surface area contributed by atoms with E-state index in [1.165, 1.54) is 12.8 Å². The van der Waals surface area contributed by atoms with Gasteiger partial charge in [0.2, 0.25) is 0 Å². The molecule has 1 rings (SSSR count). The van der Waals surface area contributed by atoms with Crippen molar-refractivity contribution in [1.82, 2.24) is 4.90 Å². The Labute approximate surface area is 111 Å². The van der Waals surface area contributed by atoms with Crippen LogP contribution in [0, 0.1) is 5.92 Å². The molecule has 1 saturated carbocycles. The molecule has 0 bridgehead atoms. The van der Waals surface area contributed by atoms with Crippen LogP contribution < -0.4 is 5.73 Å². The van der Waals surface area contributed by atoms with Crippen LogP contribution >= 0.6 is 0 Å². The molecule has 0 aromatic heterocycles. The Balaban J connectivity index is 2.48. The molecule has 2 unspecified atom stereocenters. The van der Waals surface area contributed by atoms with Gasteiger partial charge in [-0.1, -0.05) is 6.92 Å². The van der Waals surface area contributed by atoms with Crippen molar-refractivity contribution in [3.8, 4) is 0 Å². The van der Waals surface area contributed by atoms with Gasteiger partial charge >= 0.3 is 5.97 Å². The topological polar surface area (TPSA) is 55.6 Å². The molecule has 0 radical (unpaired) electrons. The van der Waals surface area contributed by atoms with Gasteiger partial charge < -0.3 is 15.4 Å². The smallest absolute Gasteiger partial charge is 0.325 e. The maximum Gasteiger partial charge on any atom is 0.325 e. The maximum atomic E-state index is 11.8. The van der Waals surface area contributed by atoms with Crippen LogP contribution in [0.25, 0.3) is 0 Å². The van der Waals surface area contributed by atoms with Gasteiger partial charge in [0.05, 0.1) is 6.61 Å². The number of esters is 1. The second-order valence-electron chi connectivity index (χ2n) is 5.72. The molecule has 2 N–H and O–H groups in total. The van der Waals surface area contributed by atoms with E-state index in [1.807, 2.05) is 6.92 Å². The SMILES string of the molecule is CCOC(=O)C(C)(N)CC(C)N(CC)CC1CC1. The van der Waals surface area contributed by atoms with E-state index in [9.17, 15) is 4.79 Å². The van der Waals surface area contributed by atoms with Crippen LogP contribution in [0.4, 0.5) is 0 Å². The van der Waals surface area contributed by atoms with Crippen molar-refractivity contribution in [1.29, 1.82) is 0 Å². The summed E-state index contributed by atoms with van der Waals surface area (Å²) < 4.78 is 5.03. The minimum atomic E-state index is -0.883. The third kappa shape index (κ3) is 4.58. The number of hydrogen-bond acceptors (Lipinski definition) is 4. The third-order valence-corrected chi connectivity index (χ3v) is 3.68. The van der Waals surface area contributed by atoms with E-state index in [0.29, 0.717) is 19.1 Å². The number of nitrogens with two attached hydrogens (primary N) is 1. The predicted molar refractivity (Wildman–Crippen MR) is 73.3 cm³/mol. The van der Waals surface area contributed by atoms with Crippen molar-refractivity contribution in [2.24, 2.45) is 11.7 Å². The average Bonchev–Trinajstić information content (AvgIpc) is 3.09. The molecule has 4 nitrogen and oxygen atoms in total. The molecular weight excluding hydrogens is 228 g/mol. The zero-order chi connectivity index (χ0) is 13.8. The monoisotopic (exact) mass is 256 g/mol. The zero-order valence-electron chi connectivity index (χ0n) is 12.2. The standard InChI is InChI=1S/C14H28N2O2/c1-5-16(10-12-7-8-12)11(3)9-14(4,15)13(17)18-6-2/h11-12H,5-10,15H2,1-4H3. The summed E-state index contributed by atoms with van der Waals surface area (Å²) in [6, 6.07) is 0.315. The van der Waals surface area contributed by atoms with Crippen molar-refractivity contribution >= 4 is 5.97 Å². The highest BCUT2D eigenvalue weighted by Crippen LogP contribution is 2.30. The lowest BCUT2D eigenvalue weighted by atomic mass is 9.94. The van der Waals surface area contributed by atoms with Crippen LogP contribution in [0.15, 0.2) is 0 Å². The molecule has 0 heterocycles. The number of ether oxygens (including phenoxy) is 1. The Morgan fingerprint density at radius 3 is 2.56 bits per heavy atom. The Morgan fingerprint density at radius 1 is 1.50 bits per heavy atom. The highest BCUT2D eigenvalue weighted by Gasteiger charge is 2.34. The van der Waals surface area contributed by atoms with Gasteiger partial charge in [0.1, 0.15) is 5.54 Å². The number of carbonyl (C=O) groups excluding carboxylic acids is 1. The minimum absolute atomic E-state index is 0.292. The van der Waals surface area contributed by atoms with E-state index < -0.39 is 5.54 Å². The summed E-state index contributed by atoms with van der Waals surface area (Å²) in [5.74, 6) is 0.568. The quantitative estimate of drug-likeness (QED) is 0.673. The normalized spacial score (nSPS) is 20.6. The summed E-state index contributed by atoms with van der Waals surface area (Å²) in [7, 11) is 0. The van der Waals surface area contributed by atoms with Crippen molar-refractivity contribution in [3.63, 3.8) is 0 Å². The molecule has 0 aliphatic heterocycles. The lowest BCUT2D eigenvalue weighted by Crippen LogP contribution is -2.51. The zero-order valence-corrected chi connectivity index (χ0v) is 12.2.